The van der Waals surface area contributed by atoms with Crippen molar-refractivity contribution in [3.63, 3.8) is 0 Å². The van der Waals surface area contributed by atoms with Gasteiger partial charge in [0.2, 0.25) is 0 Å². The monoisotopic (exact) mass is 252 g/mol. The largest absolute Gasteiger partial charge is 0.325 e. The second-order valence-corrected chi connectivity index (χ2v) is 3.75. The lowest BCUT2D eigenvalue weighted by atomic mass is 10.1. The van der Waals surface area contributed by atoms with Crippen molar-refractivity contribution in [2.75, 3.05) is 0 Å². The van der Waals surface area contributed by atoms with Gasteiger partial charge >= 0.3 is 0 Å². The minimum Gasteiger partial charge on any atom is -0.325 e. The summed E-state index contributed by atoms with van der Waals surface area (Å²) in [7, 11) is 0. The molecule has 0 aliphatic carbocycles. The van der Waals surface area contributed by atoms with Crippen molar-refractivity contribution in [3.8, 4) is 11.3 Å². The van der Waals surface area contributed by atoms with Gasteiger partial charge in [0.05, 0.1) is 0 Å². The van der Waals surface area contributed by atoms with Crippen LogP contribution in [0.1, 0.15) is 5.69 Å². The molecule has 2 aromatic rings. The third-order valence-corrected chi connectivity index (χ3v) is 2.40. The minimum atomic E-state index is 0.387. The summed E-state index contributed by atoms with van der Waals surface area (Å²) in [6, 6.07) is 7.87. The van der Waals surface area contributed by atoms with E-state index in [-0.39, 0.29) is 0 Å². The highest BCUT2D eigenvalue weighted by Gasteiger charge is 2.08. The molecule has 0 saturated heterocycles. The van der Waals surface area contributed by atoms with Crippen LogP contribution in [0.25, 0.3) is 11.3 Å². The predicted octanol–water partition coefficient (Wildman–Crippen LogP) is 1.69. The van der Waals surface area contributed by atoms with Crippen LogP contribution in [0, 0.1) is 0 Å². The standard InChI is InChI=1S/C9H9BrN4/c10-7-3-1-2-6(4-7)9-8(5-11)12-14-13-9/h1-4H,5,11H2,(H,12,13,14). The van der Waals surface area contributed by atoms with Crippen molar-refractivity contribution in [3.05, 3.63) is 34.4 Å². The van der Waals surface area contributed by atoms with E-state index in [1.165, 1.54) is 0 Å². The molecule has 0 radical (unpaired) electrons. The van der Waals surface area contributed by atoms with E-state index in [2.05, 4.69) is 31.3 Å². The number of hydrogen-bond donors (Lipinski definition) is 2. The second kappa shape index (κ2) is 3.89. The number of H-pyrrole nitrogens is 1. The first-order chi connectivity index (χ1) is 6.81. The molecule has 5 heteroatoms. The van der Waals surface area contributed by atoms with Crippen LogP contribution in [-0.2, 0) is 6.54 Å². The number of nitrogens with two attached hydrogens (primary N) is 1. The van der Waals surface area contributed by atoms with E-state index in [1.54, 1.807) is 0 Å². The molecule has 4 nitrogen and oxygen atoms in total. The zero-order chi connectivity index (χ0) is 9.97. The molecule has 0 atom stereocenters. The van der Waals surface area contributed by atoms with E-state index in [0.717, 1.165) is 21.4 Å². The van der Waals surface area contributed by atoms with Gasteiger partial charge in [-0.05, 0) is 12.1 Å². The van der Waals surface area contributed by atoms with E-state index >= 15 is 0 Å². The maximum atomic E-state index is 5.54. The van der Waals surface area contributed by atoms with Crippen LogP contribution >= 0.6 is 15.9 Å². The molecule has 0 bridgehead atoms. The normalized spacial score (nSPS) is 10.4. The van der Waals surface area contributed by atoms with Crippen molar-refractivity contribution >= 4 is 15.9 Å². The van der Waals surface area contributed by atoms with Gasteiger partial charge in [-0.3, -0.25) is 0 Å². The van der Waals surface area contributed by atoms with Crippen LogP contribution in [0.4, 0.5) is 0 Å². The Balaban J connectivity index is 2.49. The van der Waals surface area contributed by atoms with Gasteiger partial charge in [0.15, 0.2) is 0 Å². The lowest BCUT2D eigenvalue weighted by Crippen LogP contribution is -1.98. The third-order valence-electron chi connectivity index (χ3n) is 1.91. The highest BCUT2D eigenvalue weighted by atomic mass is 79.9. The van der Waals surface area contributed by atoms with Crippen molar-refractivity contribution in [1.29, 1.82) is 0 Å². The molecular weight excluding hydrogens is 244 g/mol. The van der Waals surface area contributed by atoms with Crippen LogP contribution in [0.2, 0.25) is 0 Å². The molecule has 2 rings (SSSR count). The minimum absolute atomic E-state index is 0.387. The Kier molecular flexibility index (Phi) is 2.60. The van der Waals surface area contributed by atoms with Crippen LogP contribution in [-0.4, -0.2) is 15.4 Å². The van der Waals surface area contributed by atoms with Crippen LogP contribution in [0.3, 0.4) is 0 Å². The van der Waals surface area contributed by atoms with E-state index in [1.807, 2.05) is 24.3 Å². The number of benzene rings is 1. The summed E-state index contributed by atoms with van der Waals surface area (Å²) in [4.78, 5) is 0. The Hall–Kier alpha value is -1.20. The number of hydrogen-bond acceptors (Lipinski definition) is 3. The Morgan fingerprint density at radius 2 is 2.21 bits per heavy atom. The zero-order valence-electron chi connectivity index (χ0n) is 7.37. The molecule has 0 fully saturated rings. The Morgan fingerprint density at radius 3 is 2.93 bits per heavy atom. The van der Waals surface area contributed by atoms with Crippen molar-refractivity contribution in [2.24, 2.45) is 5.73 Å². The van der Waals surface area contributed by atoms with Gasteiger partial charge in [-0.1, -0.05) is 28.1 Å². The summed E-state index contributed by atoms with van der Waals surface area (Å²) in [6.45, 7) is 0.387. The summed E-state index contributed by atoms with van der Waals surface area (Å²) in [5, 5.41) is 10.6. The average Bonchev–Trinajstić information content (AvgIpc) is 2.65. The molecule has 0 aliphatic heterocycles. The first kappa shape index (κ1) is 9.36. The van der Waals surface area contributed by atoms with Gasteiger partial charge in [-0.2, -0.15) is 15.4 Å². The maximum absolute atomic E-state index is 5.54. The van der Waals surface area contributed by atoms with Crippen molar-refractivity contribution in [1.82, 2.24) is 15.4 Å². The van der Waals surface area contributed by atoms with Gasteiger partial charge in [0.1, 0.15) is 11.4 Å². The summed E-state index contributed by atoms with van der Waals surface area (Å²) in [5.41, 5.74) is 8.14. The number of halogens is 1. The zero-order valence-corrected chi connectivity index (χ0v) is 8.95. The Morgan fingerprint density at radius 1 is 1.36 bits per heavy atom. The average molecular weight is 253 g/mol. The molecule has 1 aromatic heterocycles. The molecule has 0 spiro atoms. The lowest BCUT2D eigenvalue weighted by Gasteiger charge is -1.98. The van der Waals surface area contributed by atoms with E-state index in [4.69, 9.17) is 5.73 Å². The first-order valence-corrected chi connectivity index (χ1v) is 4.96. The quantitative estimate of drug-likeness (QED) is 0.855. The Bertz CT molecular complexity index is 438. The smallest absolute Gasteiger partial charge is 0.117 e. The molecule has 1 heterocycles. The number of aromatic nitrogens is 3. The Labute approximate surface area is 89.6 Å². The fraction of sp³-hybridized carbons (Fsp3) is 0.111. The first-order valence-electron chi connectivity index (χ1n) is 4.17. The maximum Gasteiger partial charge on any atom is 0.117 e. The summed E-state index contributed by atoms with van der Waals surface area (Å²) in [6.07, 6.45) is 0. The van der Waals surface area contributed by atoms with Crippen LogP contribution in [0.5, 0.6) is 0 Å². The fourth-order valence-corrected chi connectivity index (χ4v) is 1.66. The highest BCUT2D eigenvalue weighted by molar-refractivity contribution is 9.10. The SMILES string of the molecule is NCc1n[nH]nc1-c1cccc(Br)c1. The fourth-order valence-electron chi connectivity index (χ4n) is 1.26. The summed E-state index contributed by atoms with van der Waals surface area (Å²) < 4.78 is 1.01. The third kappa shape index (κ3) is 1.69. The highest BCUT2D eigenvalue weighted by Crippen LogP contribution is 2.22. The number of nitrogens with one attached hydrogen (secondary N) is 1. The van der Waals surface area contributed by atoms with E-state index < -0.39 is 0 Å². The molecular formula is C9H9BrN4. The van der Waals surface area contributed by atoms with Crippen molar-refractivity contribution in [2.45, 2.75) is 6.54 Å². The molecule has 0 aliphatic rings. The topological polar surface area (TPSA) is 67.6 Å². The molecule has 0 unspecified atom stereocenters. The molecule has 1 aromatic carbocycles. The van der Waals surface area contributed by atoms with Gasteiger partial charge < -0.3 is 5.73 Å². The van der Waals surface area contributed by atoms with Crippen LogP contribution < -0.4 is 5.73 Å². The number of aromatic amines is 1. The molecule has 14 heavy (non-hydrogen) atoms. The predicted molar refractivity (Wildman–Crippen MR) is 57.4 cm³/mol. The van der Waals surface area contributed by atoms with Gasteiger partial charge in [-0.15, -0.1) is 0 Å². The summed E-state index contributed by atoms with van der Waals surface area (Å²) in [5.74, 6) is 0. The van der Waals surface area contributed by atoms with Crippen LogP contribution in [0.15, 0.2) is 28.7 Å². The molecule has 72 valence electrons. The van der Waals surface area contributed by atoms with Gasteiger partial charge in [0.25, 0.3) is 0 Å². The molecule has 0 saturated carbocycles. The van der Waals surface area contributed by atoms with E-state index in [0.29, 0.717) is 6.54 Å². The molecule has 3 N–H and O–H groups in total. The number of nitrogens with zero attached hydrogens (tertiary/aromatic N) is 2. The van der Waals surface area contributed by atoms with Gasteiger partial charge in [0, 0.05) is 16.6 Å². The van der Waals surface area contributed by atoms with Gasteiger partial charge in [-0.25, -0.2) is 0 Å². The van der Waals surface area contributed by atoms with E-state index in [9.17, 15) is 0 Å². The molecule has 0 amide bonds. The summed E-state index contributed by atoms with van der Waals surface area (Å²) >= 11 is 3.40. The second-order valence-electron chi connectivity index (χ2n) is 2.83. The lowest BCUT2D eigenvalue weighted by molar-refractivity contribution is 0.898. The van der Waals surface area contributed by atoms with Crippen molar-refractivity contribution < 1.29 is 0 Å². The number of rotatable bonds is 2.